The van der Waals surface area contributed by atoms with Crippen LogP contribution in [0, 0.1) is 12.8 Å². The molecule has 1 amide bonds. The van der Waals surface area contributed by atoms with Crippen molar-refractivity contribution in [2.75, 3.05) is 5.32 Å². The monoisotopic (exact) mass is 220 g/mol. The Hall–Kier alpha value is -1.51. The Kier molecular flexibility index (Phi) is 3.58. The molecule has 0 saturated carbocycles. The molecule has 0 spiro atoms. The molecular weight excluding hydrogens is 200 g/mol. The van der Waals surface area contributed by atoms with Gasteiger partial charge in [-0.05, 0) is 31.9 Å². The summed E-state index contributed by atoms with van der Waals surface area (Å²) >= 11 is 0. The van der Waals surface area contributed by atoms with Crippen molar-refractivity contribution in [3.05, 3.63) is 29.8 Å². The fourth-order valence-electron chi connectivity index (χ4n) is 1.43. The van der Waals surface area contributed by atoms with Gasteiger partial charge < -0.3 is 11.1 Å². The van der Waals surface area contributed by atoms with E-state index in [4.69, 9.17) is 5.73 Å². The smallest absolute Gasteiger partial charge is 0.243 e. The number of nitrogens with two attached hydrogens (primary N) is 1. The number of primary amides is 1. The molecule has 0 aliphatic heterocycles. The fraction of sp³-hybridized carbons (Fsp3) is 0.462. The summed E-state index contributed by atoms with van der Waals surface area (Å²) in [5.41, 5.74) is 6.84. The number of anilines is 1. The molecule has 0 aliphatic rings. The Morgan fingerprint density at radius 3 is 2.19 bits per heavy atom. The van der Waals surface area contributed by atoms with Gasteiger partial charge in [0.05, 0.1) is 0 Å². The van der Waals surface area contributed by atoms with Crippen LogP contribution in [0.2, 0.25) is 0 Å². The molecule has 1 rings (SSSR count). The Labute approximate surface area is 97.0 Å². The second kappa shape index (κ2) is 4.56. The van der Waals surface area contributed by atoms with Crippen molar-refractivity contribution in [1.82, 2.24) is 0 Å². The minimum absolute atomic E-state index is 0.131. The molecule has 88 valence electrons. The summed E-state index contributed by atoms with van der Waals surface area (Å²) in [5.74, 6) is -0.200. The highest BCUT2D eigenvalue weighted by molar-refractivity contribution is 5.87. The summed E-state index contributed by atoms with van der Waals surface area (Å²) in [6, 6.07) is 7.92. The molecule has 0 heterocycles. The standard InChI is InChI=1S/C13H20N2O/c1-9(2)13(4,12(14)16)15-11-7-5-10(3)6-8-11/h5-9,15H,1-4H3,(H2,14,16). The molecular formula is C13H20N2O. The van der Waals surface area contributed by atoms with E-state index in [1.54, 1.807) is 0 Å². The quantitative estimate of drug-likeness (QED) is 0.818. The first kappa shape index (κ1) is 12.6. The number of aryl methyl sites for hydroxylation is 1. The first-order chi connectivity index (χ1) is 7.36. The number of carbonyl (C=O) groups is 1. The lowest BCUT2D eigenvalue weighted by Gasteiger charge is -2.32. The molecule has 1 aromatic carbocycles. The normalized spacial score (nSPS) is 14.6. The minimum Gasteiger partial charge on any atom is -0.371 e. The minimum atomic E-state index is -0.713. The molecule has 0 fully saturated rings. The third-order valence-electron chi connectivity index (χ3n) is 3.12. The number of nitrogens with one attached hydrogen (secondary N) is 1. The SMILES string of the molecule is Cc1ccc(NC(C)(C(N)=O)C(C)C)cc1. The van der Waals surface area contributed by atoms with Crippen molar-refractivity contribution in [2.45, 2.75) is 33.2 Å². The Balaban J connectivity index is 2.93. The van der Waals surface area contributed by atoms with E-state index < -0.39 is 5.54 Å². The van der Waals surface area contributed by atoms with E-state index in [-0.39, 0.29) is 11.8 Å². The molecule has 3 nitrogen and oxygen atoms in total. The van der Waals surface area contributed by atoms with Crippen molar-refractivity contribution < 1.29 is 4.79 Å². The molecule has 16 heavy (non-hydrogen) atoms. The fourth-order valence-corrected chi connectivity index (χ4v) is 1.43. The molecule has 0 bridgehead atoms. The van der Waals surface area contributed by atoms with Crippen LogP contribution in [0.5, 0.6) is 0 Å². The predicted octanol–water partition coefficient (Wildman–Crippen LogP) is 2.31. The first-order valence-electron chi connectivity index (χ1n) is 5.51. The van der Waals surface area contributed by atoms with Crippen LogP contribution >= 0.6 is 0 Å². The molecule has 0 saturated heterocycles. The maximum absolute atomic E-state index is 11.5. The van der Waals surface area contributed by atoms with Crippen LogP contribution in [0.15, 0.2) is 24.3 Å². The van der Waals surface area contributed by atoms with Gasteiger partial charge >= 0.3 is 0 Å². The zero-order chi connectivity index (χ0) is 12.3. The van der Waals surface area contributed by atoms with Crippen LogP contribution in [0.25, 0.3) is 0 Å². The maximum Gasteiger partial charge on any atom is 0.243 e. The van der Waals surface area contributed by atoms with Crippen LogP contribution in [-0.4, -0.2) is 11.4 Å². The van der Waals surface area contributed by atoms with Crippen LogP contribution in [0.4, 0.5) is 5.69 Å². The Morgan fingerprint density at radius 1 is 1.31 bits per heavy atom. The molecule has 3 heteroatoms. The molecule has 0 aromatic heterocycles. The van der Waals surface area contributed by atoms with Crippen LogP contribution in [0.3, 0.4) is 0 Å². The summed E-state index contributed by atoms with van der Waals surface area (Å²) in [4.78, 5) is 11.5. The lowest BCUT2D eigenvalue weighted by molar-refractivity contribution is -0.123. The number of hydrogen-bond acceptors (Lipinski definition) is 2. The van der Waals surface area contributed by atoms with Crippen molar-refractivity contribution in [3.8, 4) is 0 Å². The third-order valence-corrected chi connectivity index (χ3v) is 3.12. The zero-order valence-corrected chi connectivity index (χ0v) is 10.4. The summed E-state index contributed by atoms with van der Waals surface area (Å²) < 4.78 is 0. The highest BCUT2D eigenvalue weighted by atomic mass is 16.1. The summed E-state index contributed by atoms with van der Waals surface area (Å²) in [6.45, 7) is 7.82. The lowest BCUT2D eigenvalue weighted by Crippen LogP contribution is -2.51. The number of amides is 1. The summed E-state index contributed by atoms with van der Waals surface area (Å²) in [6.07, 6.45) is 0. The Morgan fingerprint density at radius 2 is 1.81 bits per heavy atom. The van der Waals surface area contributed by atoms with E-state index in [0.717, 1.165) is 5.69 Å². The molecule has 1 atom stereocenters. The highest BCUT2D eigenvalue weighted by Gasteiger charge is 2.34. The summed E-state index contributed by atoms with van der Waals surface area (Å²) in [7, 11) is 0. The van der Waals surface area contributed by atoms with Crippen molar-refractivity contribution in [1.29, 1.82) is 0 Å². The van der Waals surface area contributed by atoms with Gasteiger partial charge in [0.2, 0.25) is 5.91 Å². The van der Waals surface area contributed by atoms with E-state index >= 15 is 0 Å². The summed E-state index contributed by atoms with van der Waals surface area (Å²) in [5, 5.41) is 3.21. The number of rotatable bonds is 4. The highest BCUT2D eigenvalue weighted by Crippen LogP contribution is 2.22. The number of benzene rings is 1. The number of carbonyl (C=O) groups excluding carboxylic acids is 1. The maximum atomic E-state index is 11.5. The molecule has 0 radical (unpaired) electrons. The average molecular weight is 220 g/mol. The van der Waals surface area contributed by atoms with Crippen LogP contribution in [0.1, 0.15) is 26.3 Å². The van der Waals surface area contributed by atoms with Crippen molar-refractivity contribution >= 4 is 11.6 Å². The molecule has 0 aliphatic carbocycles. The van der Waals surface area contributed by atoms with Gasteiger partial charge in [0.25, 0.3) is 0 Å². The second-order valence-electron chi connectivity index (χ2n) is 4.71. The first-order valence-corrected chi connectivity index (χ1v) is 5.51. The van der Waals surface area contributed by atoms with Gasteiger partial charge in [-0.15, -0.1) is 0 Å². The van der Waals surface area contributed by atoms with E-state index in [1.807, 2.05) is 52.0 Å². The molecule has 1 unspecified atom stereocenters. The van der Waals surface area contributed by atoms with Crippen LogP contribution in [-0.2, 0) is 4.79 Å². The third kappa shape index (κ3) is 2.54. The largest absolute Gasteiger partial charge is 0.371 e. The average Bonchev–Trinajstić information content (AvgIpc) is 2.20. The lowest BCUT2D eigenvalue weighted by atomic mass is 9.87. The topological polar surface area (TPSA) is 55.1 Å². The van der Waals surface area contributed by atoms with Gasteiger partial charge in [-0.2, -0.15) is 0 Å². The number of hydrogen-bond donors (Lipinski definition) is 2. The van der Waals surface area contributed by atoms with Gasteiger partial charge in [0, 0.05) is 5.69 Å². The van der Waals surface area contributed by atoms with Gasteiger partial charge in [-0.25, -0.2) is 0 Å². The van der Waals surface area contributed by atoms with Gasteiger partial charge in [0.15, 0.2) is 0 Å². The van der Waals surface area contributed by atoms with Gasteiger partial charge in [-0.1, -0.05) is 31.5 Å². The van der Waals surface area contributed by atoms with Crippen molar-refractivity contribution in [2.24, 2.45) is 11.7 Å². The van der Waals surface area contributed by atoms with E-state index in [9.17, 15) is 4.79 Å². The van der Waals surface area contributed by atoms with Gasteiger partial charge in [-0.3, -0.25) is 4.79 Å². The van der Waals surface area contributed by atoms with Gasteiger partial charge in [0.1, 0.15) is 5.54 Å². The predicted molar refractivity (Wildman–Crippen MR) is 67.2 cm³/mol. The van der Waals surface area contributed by atoms with Crippen molar-refractivity contribution in [3.63, 3.8) is 0 Å². The van der Waals surface area contributed by atoms with Crippen LogP contribution < -0.4 is 11.1 Å². The molecule has 3 N–H and O–H groups in total. The van der Waals surface area contributed by atoms with E-state index in [2.05, 4.69) is 5.32 Å². The van der Waals surface area contributed by atoms with E-state index in [0.29, 0.717) is 0 Å². The molecule has 1 aromatic rings. The Bertz CT molecular complexity index is 370. The van der Waals surface area contributed by atoms with E-state index in [1.165, 1.54) is 5.56 Å². The second-order valence-corrected chi connectivity index (χ2v) is 4.71. The zero-order valence-electron chi connectivity index (χ0n) is 10.4.